The minimum Gasteiger partial charge on any atom is -0.460 e. The van der Waals surface area contributed by atoms with Crippen LogP contribution >= 0.6 is 11.8 Å². The van der Waals surface area contributed by atoms with Crippen LogP contribution in [0.15, 0.2) is 57.8 Å². The van der Waals surface area contributed by atoms with Crippen LogP contribution in [-0.4, -0.2) is 24.1 Å². The molecule has 144 valence electrons. The molecule has 3 aromatic rings. The molecule has 28 heavy (non-hydrogen) atoms. The molecule has 2 atom stereocenters. The molecule has 4 rings (SSSR count). The fraction of sp³-hybridized carbons (Fsp3) is 0.238. The van der Waals surface area contributed by atoms with Gasteiger partial charge in [-0.25, -0.2) is 14.0 Å². The summed E-state index contributed by atoms with van der Waals surface area (Å²) in [5, 5.41) is 0.798. The fourth-order valence-corrected chi connectivity index (χ4v) is 4.02. The quantitative estimate of drug-likeness (QED) is 0.456. The highest BCUT2D eigenvalue weighted by Crippen LogP contribution is 2.33. The van der Waals surface area contributed by atoms with Crippen LogP contribution in [0.1, 0.15) is 29.5 Å². The Labute approximate surface area is 164 Å². The van der Waals surface area contributed by atoms with Gasteiger partial charge in [0.25, 0.3) is 0 Å². The van der Waals surface area contributed by atoms with Crippen molar-refractivity contribution >= 4 is 34.7 Å². The Bertz CT molecular complexity index is 1030. The first-order chi connectivity index (χ1) is 13.5. The SMILES string of the molecule is C[C@H]1C[C@H](OC(=O)c2oc3ccccc3c2CSc2ccc(F)cc2)C(=O)O1. The number of cyclic esters (lactones) is 1. The maximum Gasteiger partial charge on any atom is 0.375 e. The zero-order chi connectivity index (χ0) is 19.7. The molecular formula is C21H17FO5S. The fourth-order valence-electron chi connectivity index (χ4n) is 3.09. The maximum absolute atomic E-state index is 13.1. The van der Waals surface area contributed by atoms with E-state index in [2.05, 4.69) is 0 Å². The van der Waals surface area contributed by atoms with Gasteiger partial charge in [0.05, 0.1) is 0 Å². The normalized spacial score (nSPS) is 19.0. The third-order valence-corrected chi connectivity index (χ3v) is 5.49. The highest BCUT2D eigenvalue weighted by Gasteiger charge is 2.36. The zero-order valence-electron chi connectivity index (χ0n) is 15.0. The van der Waals surface area contributed by atoms with E-state index in [9.17, 15) is 14.0 Å². The average Bonchev–Trinajstić information content (AvgIpc) is 3.20. The van der Waals surface area contributed by atoms with Gasteiger partial charge in [-0.3, -0.25) is 0 Å². The average molecular weight is 400 g/mol. The number of hydrogen-bond acceptors (Lipinski definition) is 6. The highest BCUT2D eigenvalue weighted by molar-refractivity contribution is 7.98. The minimum absolute atomic E-state index is 0.0724. The van der Waals surface area contributed by atoms with Crippen molar-refractivity contribution in [2.45, 2.75) is 36.2 Å². The second-order valence-electron chi connectivity index (χ2n) is 6.53. The molecule has 0 bridgehead atoms. The van der Waals surface area contributed by atoms with Gasteiger partial charge in [0.1, 0.15) is 17.5 Å². The van der Waals surface area contributed by atoms with Crippen molar-refractivity contribution in [2.24, 2.45) is 0 Å². The van der Waals surface area contributed by atoms with Crippen LogP contribution in [0.5, 0.6) is 0 Å². The summed E-state index contributed by atoms with van der Waals surface area (Å²) in [6.07, 6.45) is -0.882. The lowest BCUT2D eigenvalue weighted by molar-refractivity contribution is -0.147. The van der Waals surface area contributed by atoms with Crippen molar-refractivity contribution in [1.29, 1.82) is 0 Å². The van der Waals surface area contributed by atoms with Crippen molar-refractivity contribution in [3.05, 3.63) is 65.7 Å². The lowest BCUT2D eigenvalue weighted by atomic mass is 10.1. The summed E-state index contributed by atoms with van der Waals surface area (Å²) < 4.78 is 29.2. The predicted molar refractivity (Wildman–Crippen MR) is 102 cm³/mol. The first-order valence-corrected chi connectivity index (χ1v) is 9.80. The molecule has 0 unspecified atom stereocenters. The van der Waals surface area contributed by atoms with E-state index in [-0.39, 0.29) is 17.7 Å². The third-order valence-electron chi connectivity index (χ3n) is 4.46. The highest BCUT2D eigenvalue weighted by atomic mass is 32.2. The van der Waals surface area contributed by atoms with Crippen LogP contribution in [0.25, 0.3) is 11.0 Å². The van der Waals surface area contributed by atoms with E-state index in [4.69, 9.17) is 13.9 Å². The molecule has 1 aliphatic rings. The van der Waals surface area contributed by atoms with E-state index in [1.807, 2.05) is 18.2 Å². The number of ether oxygens (including phenoxy) is 2. The Balaban J connectivity index is 1.60. The summed E-state index contributed by atoms with van der Waals surface area (Å²) in [5.41, 5.74) is 1.24. The van der Waals surface area contributed by atoms with Crippen LogP contribution < -0.4 is 0 Å². The minimum atomic E-state index is -0.923. The molecule has 1 fully saturated rings. The first kappa shape index (κ1) is 18.6. The van der Waals surface area contributed by atoms with E-state index in [0.29, 0.717) is 23.3 Å². The number of carbonyl (C=O) groups is 2. The van der Waals surface area contributed by atoms with Crippen LogP contribution in [0.3, 0.4) is 0 Å². The number of carbonyl (C=O) groups excluding carboxylic acids is 2. The van der Waals surface area contributed by atoms with Gasteiger partial charge < -0.3 is 13.9 Å². The number of thioether (sulfide) groups is 1. The number of furan rings is 1. The van der Waals surface area contributed by atoms with Gasteiger partial charge in [-0.05, 0) is 37.3 Å². The molecule has 0 radical (unpaired) electrons. The molecule has 0 saturated carbocycles. The lowest BCUT2D eigenvalue weighted by Crippen LogP contribution is -2.23. The number of fused-ring (bicyclic) bond motifs is 1. The van der Waals surface area contributed by atoms with Crippen molar-refractivity contribution in [3.8, 4) is 0 Å². The van der Waals surface area contributed by atoms with Gasteiger partial charge in [-0.1, -0.05) is 18.2 Å². The Kier molecular flexibility index (Phi) is 5.09. The second kappa shape index (κ2) is 7.67. The topological polar surface area (TPSA) is 65.7 Å². The van der Waals surface area contributed by atoms with Crippen LogP contribution in [-0.2, 0) is 20.0 Å². The summed E-state index contributed by atoms with van der Waals surface area (Å²) in [6.45, 7) is 1.75. The van der Waals surface area contributed by atoms with Crippen LogP contribution in [0, 0.1) is 5.82 Å². The molecule has 2 heterocycles. The van der Waals surface area contributed by atoms with Crippen molar-refractivity contribution in [2.75, 3.05) is 0 Å². The summed E-state index contributed by atoms with van der Waals surface area (Å²) >= 11 is 1.45. The monoisotopic (exact) mass is 400 g/mol. The summed E-state index contributed by atoms with van der Waals surface area (Å²) in [7, 11) is 0. The number of rotatable bonds is 5. The van der Waals surface area contributed by atoms with E-state index >= 15 is 0 Å². The second-order valence-corrected chi connectivity index (χ2v) is 7.57. The molecule has 1 saturated heterocycles. The zero-order valence-corrected chi connectivity index (χ0v) is 15.8. The maximum atomic E-state index is 13.1. The standard InChI is InChI=1S/C21H17FO5S/c1-12-10-18(20(23)25-12)27-21(24)19-16(15-4-2-3-5-17(15)26-19)11-28-14-8-6-13(22)7-9-14/h2-9,12,18H,10-11H2,1H3/t12-,18-/m0/s1. The van der Waals surface area contributed by atoms with E-state index in [1.54, 1.807) is 25.1 Å². The van der Waals surface area contributed by atoms with Gasteiger partial charge in [-0.15, -0.1) is 11.8 Å². The Morgan fingerprint density at radius 2 is 1.96 bits per heavy atom. The van der Waals surface area contributed by atoms with Crippen molar-refractivity contribution < 1.29 is 27.9 Å². The van der Waals surface area contributed by atoms with Gasteiger partial charge in [0.2, 0.25) is 11.9 Å². The van der Waals surface area contributed by atoms with E-state index < -0.39 is 18.0 Å². The van der Waals surface area contributed by atoms with E-state index in [1.165, 1.54) is 23.9 Å². The first-order valence-electron chi connectivity index (χ1n) is 8.81. The van der Waals surface area contributed by atoms with Crippen LogP contribution in [0.4, 0.5) is 4.39 Å². The number of halogens is 1. The molecule has 5 nitrogen and oxygen atoms in total. The molecule has 0 aliphatic carbocycles. The summed E-state index contributed by atoms with van der Waals surface area (Å²) in [5.74, 6) is -1.04. The van der Waals surface area contributed by atoms with Gasteiger partial charge >= 0.3 is 11.9 Å². The molecular weight excluding hydrogens is 383 g/mol. The molecule has 0 spiro atoms. The molecule has 1 aromatic heterocycles. The third kappa shape index (κ3) is 3.75. The van der Waals surface area contributed by atoms with Crippen LogP contribution in [0.2, 0.25) is 0 Å². The van der Waals surface area contributed by atoms with Crippen molar-refractivity contribution in [3.63, 3.8) is 0 Å². The number of para-hydroxylation sites is 1. The number of hydrogen-bond donors (Lipinski definition) is 0. The van der Waals surface area contributed by atoms with Crippen molar-refractivity contribution in [1.82, 2.24) is 0 Å². The smallest absolute Gasteiger partial charge is 0.375 e. The largest absolute Gasteiger partial charge is 0.460 e. The molecule has 7 heteroatoms. The Morgan fingerprint density at radius 3 is 2.68 bits per heavy atom. The predicted octanol–water partition coefficient (Wildman–Crippen LogP) is 4.73. The molecule has 0 N–H and O–H groups in total. The van der Waals surface area contributed by atoms with Gasteiger partial charge in [0, 0.05) is 28.0 Å². The molecule has 2 aromatic carbocycles. The Morgan fingerprint density at radius 1 is 1.21 bits per heavy atom. The lowest BCUT2D eigenvalue weighted by Gasteiger charge is -2.08. The van der Waals surface area contributed by atoms with E-state index in [0.717, 1.165) is 10.3 Å². The Hall–Kier alpha value is -2.80. The summed E-state index contributed by atoms with van der Waals surface area (Å²) in [4.78, 5) is 25.4. The number of benzene rings is 2. The molecule has 1 aliphatic heterocycles. The van der Waals surface area contributed by atoms with Gasteiger partial charge in [0.15, 0.2) is 0 Å². The summed E-state index contributed by atoms with van der Waals surface area (Å²) in [6, 6.07) is 13.4. The number of esters is 2. The van der Waals surface area contributed by atoms with Gasteiger partial charge in [-0.2, -0.15) is 0 Å². The molecule has 0 amide bonds.